The van der Waals surface area contributed by atoms with Crippen molar-refractivity contribution in [1.82, 2.24) is 4.90 Å². The Labute approximate surface area is 281 Å². The van der Waals surface area contributed by atoms with Crippen LogP contribution < -0.4 is 4.74 Å². The topological polar surface area (TPSA) is 85.3 Å². The van der Waals surface area contributed by atoms with Gasteiger partial charge in [0.15, 0.2) is 0 Å². The molecule has 1 N–H and O–H groups in total. The molecule has 1 aromatic carbocycles. The van der Waals surface area contributed by atoms with Gasteiger partial charge in [0.25, 0.3) is 0 Å². The van der Waals surface area contributed by atoms with Crippen LogP contribution in [0.25, 0.3) is 0 Å². The second kappa shape index (κ2) is 25.8. The van der Waals surface area contributed by atoms with Crippen molar-refractivity contribution >= 4 is 12.1 Å². The predicted octanol–water partition coefficient (Wildman–Crippen LogP) is 10.5. The zero-order valence-corrected chi connectivity index (χ0v) is 29.7. The normalized spacial score (nSPS) is 16.1. The Morgan fingerprint density at radius 2 is 1.35 bits per heavy atom. The second-order valence-corrected chi connectivity index (χ2v) is 13.5. The van der Waals surface area contributed by atoms with Gasteiger partial charge in [0.2, 0.25) is 5.91 Å². The van der Waals surface area contributed by atoms with E-state index < -0.39 is 12.3 Å². The molecule has 1 amide bonds. The third-order valence-corrected chi connectivity index (χ3v) is 9.30. The fraction of sp³-hybridized carbons (Fsp3) is 0.795. The van der Waals surface area contributed by atoms with E-state index in [1.165, 1.54) is 115 Å². The number of aryl methyl sites for hydroxylation is 1. The van der Waals surface area contributed by atoms with Gasteiger partial charge in [-0.3, -0.25) is 4.79 Å². The lowest BCUT2D eigenvalue weighted by molar-refractivity contribution is -0.129. The van der Waals surface area contributed by atoms with Crippen LogP contribution in [0.4, 0.5) is 4.79 Å². The van der Waals surface area contributed by atoms with Crippen molar-refractivity contribution in [2.45, 2.75) is 180 Å². The number of hydrogen-bond acceptors (Lipinski definition) is 5. The molecule has 264 valence electrons. The highest BCUT2D eigenvalue weighted by atomic mass is 16.7. The molecule has 7 heteroatoms. The van der Waals surface area contributed by atoms with Crippen LogP contribution in [0, 0.1) is 0 Å². The Hall–Kier alpha value is -2.28. The smallest absolute Gasteiger partial charge is 0.490 e. The monoisotopic (exact) mass is 645 g/mol. The molecule has 0 radical (unpaired) electrons. The van der Waals surface area contributed by atoms with Crippen LogP contribution in [0.2, 0.25) is 0 Å². The minimum Gasteiger partial charge on any atom is -0.490 e. The zero-order chi connectivity index (χ0) is 33.2. The maximum absolute atomic E-state index is 12.6. The van der Waals surface area contributed by atoms with Gasteiger partial charge in [0.1, 0.15) is 18.0 Å². The lowest BCUT2D eigenvalue weighted by atomic mass is 10.0. The molecule has 0 aromatic heterocycles. The van der Waals surface area contributed by atoms with E-state index in [-0.39, 0.29) is 24.5 Å². The largest absolute Gasteiger partial charge is 0.506 e. The molecular weight excluding hydrogens is 578 g/mol. The number of likely N-dealkylation sites (tertiary alicyclic amines) is 1. The summed E-state index contributed by atoms with van der Waals surface area (Å²) < 4.78 is 17.4. The summed E-state index contributed by atoms with van der Waals surface area (Å²) in [6.07, 6.45) is 24.2. The van der Waals surface area contributed by atoms with Crippen molar-refractivity contribution in [2.24, 2.45) is 0 Å². The number of rotatable bonds is 29. The minimum atomic E-state index is -1.33. The Balaban J connectivity index is 1.76. The molecule has 3 atom stereocenters. The number of hydrogen-bond donors (Lipinski definition) is 1. The van der Waals surface area contributed by atoms with E-state index in [1.807, 2.05) is 6.92 Å². The number of carbonyl (C=O) groups is 2. The van der Waals surface area contributed by atoms with Crippen molar-refractivity contribution in [3.05, 3.63) is 29.8 Å². The first kappa shape index (κ1) is 39.9. The standard InChI is InChI=1S/C39H67NO6/c1-4-6-8-10-12-13-14-15-17-19-21-28-44-29-27-36(30-33(3)40-32-37(31-38(40)41)46-39(42)43)45-35-25-23-34(24-26-35)22-20-18-16-11-9-7-5-2/h23-26,33,36-37H,4-22,27-32H2,1-3H3,(H,42,43). The number of ether oxygens (including phenoxy) is 3. The van der Waals surface area contributed by atoms with Crippen molar-refractivity contribution in [2.75, 3.05) is 19.8 Å². The Bertz CT molecular complexity index is 906. The molecule has 0 bridgehead atoms. The highest BCUT2D eigenvalue weighted by Crippen LogP contribution is 2.24. The summed E-state index contributed by atoms with van der Waals surface area (Å²) in [5, 5.41) is 8.98. The van der Waals surface area contributed by atoms with Gasteiger partial charge in [0, 0.05) is 25.5 Å². The summed E-state index contributed by atoms with van der Waals surface area (Å²) >= 11 is 0. The van der Waals surface area contributed by atoms with Gasteiger partial charge in [0.05, 0.1) is 19.6 Å². The fourth-order valence-electron chi connectivity index (χ4n) is 6.48. The summed E-state index contributed by atoms with van der Waals surface area (Å²) in [5.74, 6) is 0.769. The first-order chi connectivity index (χ1) is 22.4. The van der Waals surface area contributed by atoms with Gasteiger partial charge in [-0.2, -0.15) is 0 Å². The number of unbranched alkanes of at least 4 members (excludes halogenated alkanes) is 16. The molecule has 1 aliphatic rings. The molecule has 0 spiro atoms. The Kier molecular flexibility index (Phi) is 22.3. The molecule has 7 nitrogen and oxygen atoms in total. The predicted molar refractivity (Wildman–Crippen MR) is 188 cm³/mol. The van der Waals surface area contributed by atoms with E-state index in [1.54, 1.807) is 4.90 Å². The highest BCUT2D eigenvalue weighted by Gasteiger charge is 2.36. The average Bonchev–Trinajstić information content (AvgIpc) is 3.40. The van der Waals surface area contributed by atoms with E-state index in [0.29, 0.717) is 19.6 Å². The summed E-state index contributed by atoms with van der Waals surface area (Å²) in [5.41, 5.74) is 1.34. The fourth-order valence-corrected chi connectivity index (χ4v) is 6.48. The SMILES string of the molecule is CCCCCCCCCCCCCOCCC(CC(C)N1CC(OC(=O)O)CC1=O)Oc1ccc(CCCCCCCCC)cc1. The summed E-state index contributed by atoms with van der Waals surface area (Å²) in [7, 11) is 0. The lowest BCUT2D eigenvalue weighted by Crippen LogP contribution is -2.39. The third-order valence-electron chi connectivity index (χ3n) is 9.30. The molecule has 46 heavy (non-hydrogen) atoms. The number of amides is 1. The van der Waals surface area contributed by atoms with E-state index in [4.69, 9.17) is 19.3 Å². The molecule has 0 aliphatic carbocycles. The van der Waals surface area contributed by atoms with E-state index in [0.717, 1.165) is 31.6 Å². The molecule has 1 fully saturated rings. The Morgan fingerprint density at radius 1 is 0.804 bits per heavy atom. The van der Waals surface area contributed by atoms with Crippen LogP contribution in [0.15, 0.2) is 24.3 Å². The highest BCUT2D eigenvalue weighted by molar-refractivity contribution is 5.79. The van der Waals surface area contributed by atoms with Crippen LogP contribution in [0.1, 0.15) is 161 Å². The van der Waals surface area contributed by atoms with Crippen molar-refractivity contribution in [3.8, 4) is 5.75 Å². The number of carbonyl (C=O) groups excluding carboxylic acids is 1. The first-order valence-corrected chi connectivity index (χ1v) is 18.9. The first-order valence-electron chi connectivity index (χ1n) is 18.9. The van der Waals surface area contributed by atoms with Crippen molar-refractivity contribution < 1.29 is 28.9 Å². The van der Waals surface area contributed by atoms with Gasteiger partial charge >= 0.3 is 6.16 Å². The van der Waals surface area contributed by atoms with E-state index in [2.05, 4.69) is 38.1 Å². The van der Waals surface area contributed by atoms with Crippen LogP contribution in [0.3, 0.4) is 0 Å². The van der Waals surface area contributed by atoms with Crippen LogP contribution in [-0.4, -0.2) is 60.1 Å². The Morgan fingerprint density at radius 3 is 1.91 bits per heavy atom. The van der Waals surface area contributed by atoms with Gasteiger partial charge in [-0.25, -0.2) is 4.79 Å². The van der Waals surface area contributed by atoms with Crippen LogP contribution in [-0.2, 0) is 20.7 Å². The molecule has 1 heterocycles. The molecule has 1 aliphatic heterocycles. The molecule has 0 saturated carbocycles. The summed E-state index contributed by atoms with van der Waals surface area (Å²) in [4.78, 5) is 25.4. The van der Waals surface area contributed by atoms with Gasteiger partial charge in [-0.15, -0.1) is 0 Å². The molecule has 3 unspecified atom stereocenters. The van der Waals surface area contributed by atoms with Crippen molar-refractivity contribution in [3.63, 3.8) is 0 Å². The maximum atomic E-state index is 12.6. The van der Waals surface area contributed by atoms with E-state index in [9.17, 15) is 9.59 Å². The lowest BCUT2D eigenvalue weighted by Gasteiger charge is -2.29. The average molecular weight is 646 g/mol. The number of nitrogens with zero attached hydrogens (tertiary/aromatic N) is 1. The van der Waals surface area contributed by atoms with Crippen LogP contribution >= 0.6 is 0 Å². The number of carboxylic acid groups (broad SMARTS) is 1. The molecule has 2 rings (SSSR count). The molecular formula is C39H67NO6. The maximum Gasteiger partial charge on any atom is 0.506 e. The van der Waals surface area contributed by atoms with Crippen LogP contribution in [0.5, 0.6) is 5.75 Å². The summed E-state index contributed by atoms with van der Waals surface area (Å²) in [6, 6.07) is 8.39. The molecule has 1 saturated heterocycles. The van der Waals surface area contributed by atoms with Crippen molar-refractivity contribution in [1.29, 1.82) is 0 Å². The summed E-state index contributed by atoms with van der Waals surface area (Å²) in [6.45, 7) is 8.21. The third kappa shape index (κ3) is 18.8. The second-order valence-electron chi connectivity index (χ2n) is 13.5. The van der Waals surface area contributed by atoms with Gasteiger partial charge in [-0.1, -0.05) is 129 Å². The minimum absolute atomic E-state index is 0.0695. The number of benzene rings is 1. The zero-order valence-electron chi connectivity index (χ0n) is 29.7. The van der Waals surface area contributed by atoms with E-state index >= 15 is 0 Å². The van der Waals surface area contributed by atoms with Gasteiger partial charge in [-0.05, 0) is 43.9 Å². The molecule has 1 aromatic rings. The quantitative estimate of drug-likeness (QED) is 0.0689. The van der Waals surface area contributed by atoms with Gasteiger partial charge < -0.3 is 24.2 Å².